The van der Waals surface area contributed by atoms with Crippen LogP contribution in [0.3, 0.4) is 0 Å². The molecule has 0 saturated heterocycles. The molecule has 3 atom stereocenters. The molecule has 1 aliphatic rings. The fraction of sp³-hybridized carbons (Fsp3) is 0.733. The van der Waals surface area contributed by atoms with Crippen molar-refractivity contribution in [3.8, 4) is 0 Å². The van der Waals surface area contributed by atoms with Gasteiger partial charge in [0.05, 0.1) is 0 Å². The molecule has 5 nitrogen and oxygen atoms in total. The Balaban J connectivity index is 2.15. The number of nitrogens with zero attached hydrogens (tertiary/aromatic N) is 1. The predicted octanol–water partition coefficient (Wildman–Crippen LogP) is 2.36. The highest BCUT2D eigenvalue weighted by Gasteiger charge is 2.45. The van der Waals surface area contributed by atoms with Gasteiger partial charge in [-0.25, -0.2) is 0 Å². The molecule has 1 aromatic heterocycles. The molecule has 1 heterocycles. The predicted molar refractivity (Wildman–Crippen MR) is 80.3 cm³/mol. The second-order valence-electron chi connectivity index (χ2n) is 6.72. The number of hydrogen-bond donors (Lipinski definition) is 3. The molecule has 0 bridgehead atoms. The third kappa shape index (κ3) is 2.46. The number of anilines is 1. The summed E-state index contributed by atoms with van der Waals surface area (Å²) in [6.45, 7) is 10.3. The van der Waals surface area contributed by atoms with Crippen molar-refractivity contribution >= 4 is 11.7 Å². The van der Waals surface area contributed by atoms with Crippen LogP contribution in [0.5, 0.6) is 0 Å². The Morgan fingerprint density at radius 3 is 2.60 bits per heavy atom. The Hall–Kier alpha value is -1.36. The van der Waals surface area contributed by atoms with Gasteiger partial charge in [0.15, 0.2) is 5.82 Å². The molecule has 0 aliphatic heterocycles. The van der Waals surface area contributed by atoms with Crippen molar-refractivity contribution in [2.75, 3.05) is 5.32 Å². The van der Waals surface area contributed by atoms with Crippen LogP contribution in [0.25, 0.3) is 0 Å². The number of amides is 1. The molecule has 112 valence electrons. The number of aromatic amines is 1. The zero-order valence-electron chi connectivity index (χ0n) is 13.1. The molecule has 0 radical (unpaired) electrons. The van der Waals surface area contributed by atoms with E-state index in [1.165, 1.54) is 0 Å². The minimum atomic E-state index is -0.0962. The number of carbonyl (C=O) groups is 1. The largest absolute Gasteiger partial charge is 0.327 e. The van der Waals surface area contributed by atoms with E-state index in [0.29, 0.717) is 11.7 Å². The molecule has 3 unspecified atom stereocenters. The van der Waals surface area contributed by atoms with Gasteiger partial charge in [0, 0.05) is 23.2 Å². The second kappa shape index (κ2) is 5.20. The van der Waals surface area contributed by atoms with Crippen molar-refractivity contribution in [3.63, 3.8) is 0 Å². The van der Waals surface area contributed by atoms with Gasteiger partial charge in [-0.1, -0.05) is 20.8 Å². The molecule has 4 N–H and O–H groups in total. The summed E-state index contributed by atoms with van der Waals surface area (Å²) in [5, 5.41) is 10.0. The first kappa shape index (κ1) is 15.0. The fourth-order valence-electron chi connectivity index (χ4n) is 3.13. The standard InChI is InChI=1S/C15H26N4O/c1-8-10(3)18-19-13(8)17-14(20)11-6-7-12(16)9(2)15(11,4)5/h9,11-12H,6-7,16H2,1-5H3,(H2,17,18,19,20). The number of aromatic nitrogens is 2. The number of nitrogens with two attached hydrogens (primary N) is 1. The molecule has 1 fully saturated rings. The minimum Gasteiger partial charge on any atom is -0.327 e. The lowest BCUT2D eigenvalue weighted by Crippen LogP contribution is -2.50. The summed E-state index contributed by atoms with van der Waals surface area (Å²) in [7, 11) is 0. The van der Waals surface area contributed by atoms with Crippen LogP contribution in [0.1, 0.15) is 44.9 Å². The summed E-state index contributed by atoms with van der Waals surface area (Å²) in [6.07, 6.45) is 1.74. The lowest BCUT2D eigenvalue weighted by Gasteiger charge is -2.45. The number of aryl methyl sites for hydroxylation is 1. The lowest BCUT2D eigenvalue weighted by atomic mass is 9.61. The van der Waals surface area contributed by atoms with Crippen LogP contribution in [-0.2, 0) is 4.79 Å². The van der Waals surface area contributed by atoms with E-state index in [9.17, 15) is 4.79 Å². The Kier molecular flexibility index (Phi) is 3.91. The Bertz CT molecular complexity index is 506. The second-order valence-corrected chi connectivity index (χ2v) is 6.72. The number of nitrogens with one attached hydrogen (secondary N) is 2. The Morgan fingerprint density at radius 2 is 2.05 bits per heavy atom. The molecule has 1 aromatic rings. The Morgan fingerprint density at radius 1 is 1.40 bits per heavy atom. The molecule has 0 spiro atoms. The van der Waals surface area contributed by atoms with Gasteiger partial charge in [-0.05, 0) is 38.0 Å². The van der Waals surface area contributed by atoms with E-state index < -0.39 is 0 Å². The van der Waals surface area contributed by atoms with E-state index >= 15 is 0 Å². The number of H-pyrrole nitrogens is 1. The average Bonchev–Trinajstić information content (AvgIpc) is 2.68. The van der Waals surface area contributed by atoms with E-state index in [1.54, 1.807) is 0 Å². The maximum absolute atomic E-state index is 12.6. The van der Waals surface area contributed by atoms with Crippen LogP contribution in [0.4, 0.5) is 5.82 Å². The SMILES string of the molecule is Cc1[nH]nc(NC(=O)C2CCC(N)C(C)C2(C)C)c1C. The molecule has 20 heavy (non-hydrogen) atoms. The Labute approximate surface area is 120 Å². The molecule has 1 amide bonds. The van der Waals surface area contributed by atoms with Crippen LogP contribution in [0, 0.1) is 31.1 Å². The summed E-state index contributed by atoms with van der Waals surface area (Å²) in [5.74, 6) is 1.01. The quantitative estimate of drug-likeness (QED) is 0.776. The van der Waals surface area contributed by atoms with Gasteiger partial charge < -0.3 is 11.1 Å². The van der Waals surface area contributed by atoms with Crippen molar-refractivity contribution in [1.29, 1.82) is 0 Å². The first-order valence-electron chi connectivity index (χ1n) is 7.33. The van der Waals surface area contributed by atoms with E-state index in [-0.39, 0.29) is 23.3 Å². The van der Waals surface area contributed by atoms with Crippen LogP contribution in [0.2, 0.25) is 0 Å². The van der Waals surface area contributed by atoms with Crippen molar-refractivity contribution < 1.29 is 4.79 Å². The van der Waals surface area contributed by atoms with Gasteiger partial charge in [-0.3, -0.25) is 9.89 Å². The molecule has 1 aliphatic carbocycles. The summed E-state index contributed by atoms with van der Waals surface area (Å²) in [5.41, 5.74) is 8.03. The highest BCUT2D eigenvalue weighted by Crippen LogP contribution is 2.44. The zero-order chi connectivity index (χ0) is 15.1. The van der Waals surface area contributed by atoms with Crippen LogP contribution in [-0.4, -0.2) is 22.1 Å². The van der Waals surface area contributed by atoms with Gasteiger partial charge in [0.2, 0.25) is 5.91 Å². The van der Waals surface area contributed by atoms with Gasteiger partial charge >= 0.3 is 0 Å². The van der Waals surface area contributed by atoms with Crippen molar-refractivity contribution in [2.24, 2.45) is 23.0 Å². The third-order valence-electron chi connectivity index (χ3n) is 5.31. The minimum absolute atomic E-state index is 0.0197. The lowest BCUT2D eigenvalue weighted by molar-refractivity contribution is -0.127. The third-order valence-corrected chi connectivity index (χ3v) is 5.31. The zero-order valence-corrected chi connectivity index (χ0v) is 13.1. The smallest absolute Gasteiger partial charge is 0.229 e. The normalized spacial score (nSPS) is 29.2. The summed E-state index contributed by atoms with van der Waals surface area (Å²) >= 11 is 0. The molecular weight excluding hydrogens is 252 g/mol. The highest BCUT2D eigenvalue weighted by atomic mass is 16.2. The van der Waals surface area contributed by atoms with Gasteiger partial charge in [0.1, 0.15) is 0 Å². The van der Waals surface area contributed by atoms with Crippen LogP contribution < -0.4 is 11.1 Å². The molecule has 5 heteroatoms. The van der Waals surface area contributed by atoms with E-state index in [4.69, 9.17) is 5.73 Å². The number of rotatable bonds is 2. The topological polar surface area (TPSA) is 83.8 Å². The van der Waals surface area contributed by atoms with E-state index in [2.05, 4.69) is 36.3 Å². The van der Waals surface area contributed by atoms with E-state index in [1.807, 2.05) is 13.8 Å². The number of carbonyl (C=O) groups excluding carboxylic acids is 1. The molecular formula is C15H26N4O. The van der Waals surface area contributed by atoms with Gasteiger partial charge in [-0.15, -0.1) is 0 Å². The van der Waals surface area contributed by atoms with E-state index in [0.717, 1.165) is 24.1 Å². The maximum atomic E-state index is 12.6. The maximum Gasteiger partial charge on any atom is 0.229 e. The van der Waals surface area contributed by atoms with Crippen molar-refractivity contribution in [3.05, 3.63) is 11.3 Å². The average molecular weight is 278 g/mol. The summed E-state index contributed by atoms with van der Waals surface area (Å²) in [6, 6.07) is 0.184. The van der Waals surface area contributed by atoms with Crippen LogP contribution in [0.15, 0.2) is 0 Å². The first-order valence-corrected chi connectivity index (χ1v) is 7.33. The van der Waals surface area contributed by atoms with Crippen LogP contribution >= 0.6 is 0 Å². The summed E-state index contributed by atoms with van der Waals surface area (Å²) in [4.78, 5) is 12.6. The molecule has 1 saturated carbocycles. The monoisotopic (exact) mass is 278 g/mol. The summed E-state index contributed by atoms with van der Waals surface area (Å²) < 4.78 is 0. The van der Waals surface area contributed by atoms with Gasteiger partial charge in [0.25, 0.3) is 0 Å². The number of hydrogen-bond acceptors (Lipinski definition) is 3. The molecule has 2 rings (SSSR count). The van der Waals surface area contributed by atoms with Gasteiger partial charge in [-0.2, -0.15) is 5.10 Å². The van der Waals surface area contributed by atoms with Crippen molar-refractivity contribution in [2.45, 2.75) is 53.5 Å². The fourth-order valence-corrected chi connectivity index (χ4v) is 3.13. The van der Waals surface area contributed by atoms with Crippen molar-refractivity contribution in [1.82, 2.24) is 10.2 Å². The highest BCUT2D eigenvalue weighted by molar-refractivity contribution is 5.93. The first-order chi connectivity index (χ1) is 9.25. The molecule has 0 aromatic carbocycles.